The highest BCUT2D eigenvalue weighted by molar-refractivity contribution is 5.68. The highest BCUT2D eigenvalue weighted by Gasteiger charge is 2.20. The van der Waals surface area contributed by atoms with Crippen molar-refractivity contribution in [3.05, 3.63) is 24.4 Å². The summed E-state index contributed by atoms with van der Waals surface area (Å²) in [6, 6.07) is 5.93. The van der Waals surface area contributed by atoms with Crippen molar-refractivity contribution in [1.82, 2.24) is 10.3 Å². The molecule has 1 saturated heterocycles. The zero-order valence-corrected chi connectivity index (χ0v) is 10.4. The molecule has 0 amide bonds. The van der Waals surface area contributed by atoms with Crippen molar-refractivity contribution in [3.8, 4) is 0 Å². The molecule has 1 aliphatic heterocycles. The van der Waals surface area contributed by atoms with Crippen LogP contribution in [-0.4, -0.2) is 42.2 Å². The van der Waals surface area contributed by atoms with Crippen LogP contribution in [0.5, 0.6) is 0 Å². The highest BCUT2D eigenvalue weighted by atomic mass is 16.4. The van der Waals surface area contributed by atoms with E-state index in [1.807, 2.05) is 24.4 Å². The monoisotopic (exact) mass is 249 g/mol. The first kappa shape index (κ1) is 12.8. The minimum Gasteiger partial charge on any atom is -0.480 e. The van der Waals surface area contributed by atoms with E-state index in [0.717, 1.165) is 38.3 Å². The molecule has 0 spiro atoms. The fourth-order valence-corrected chi connectivity index (χ4v) is 2.36. The van der Waals surface area contributed by atoms with Crippen LogP contribution >= 0.6 is 0 Å². The lowest BCUT2D eigenvalue weighted by atomic mass is 9.98. The van der Waals surface area contributed by atoms with Crippen LogP contribution in [0.1, 0.15) is 12.8 Å². The lowest BCUT2D eigenvalue weighted by Gasteiger charge is -2.33. The summed E-state index contributed by atoms with van der Waals surface area (Å²) in [4.78, 5) is 17.1. The van der Waals surface area contributed by atoms with E-state index in [4.69, 9.17) is 5.11 Å². The predicted molar refractivity (Wildman–Crippen MR) is 69.7 cm³/mol. The summed E-state index contributed by atoms with van der Waals surface area (Å²) in [5, 5.41) is 11.6. The van der Waals surface area contributed by atoms with Gasteiger partial charge in [0.15, 0.2) is 0 Å². The minimum atomic E-state index is -0.799. The Morgan fingerprint density at radius 3 is 3.17 bits per heavy atom. The highest BCUT2D eigenvalue weighted by Crippen LogP contribution is 2.20. The third kappa shape index (κ3) is 3.70. The van der Waals surface area contributed by atoms with Gasteiger partial charge in [0.1, 0.15) is 5.82 Å². The molecule has 18 heavy (non-hydrogen) atoms. The van der Waals surface area contributed by atoms with Gasteiger partial charge in [-0.3, -0.25) is 4.79 Å². The number of carboxylic acids is 1. The van der Waals surface area contributed by atoms with Gasteiger partial charge in [0.05, 0.1) is 6.54 Å². The summed E-state index contributed by atoms with van der Waals surface area (Å²) in [5.74, 6) is 0.716. The number of anilines is 1. The molecular formula is C13H19N3O2. The van der Waals surface area contributed by atoms with E-state index in [0.29, 0.717) is 5.92 Å². The van der Waals surface area contributed by atoms with Gasteiger partial charge < -0.3 is 15.3 Å². The van der Waals surface area contributed by atoms with Gasteiger partial charge in [0.2, 0.25) is 0 Å². The number of aliphatic carboxylic acids is 1. The zero-order valence-electron chi connectivity index (χ0n) is 10.4. The van der Waals surface area contributed by atoms with Crippen LogP contribution in [-0.2, 0) is 4.79 Å². The molecule has 2 heterocycles. The van der Waals surface area contributed by atoms with Crippen LogP contribution in [0.3, 0.4) is 0 Å². The summed E-state index contributed by atoms with van der Waals surface area (Å²) >= 11 is 0. The molecule has 1 aromatic rings. The molecule has 0 bridgehead atoms. The number of nitrogens with one attached hydrogen (secondary N) is 1. The van der Waals surface area contributed by atoms with Crippen molar-refractivity contribution in [2.45, 2.75) is 12.8 Å². The Labute approximate surface area is 107 Å². The van der Waals surface area contributed by atoms with E-state index in [1.54, 1.807) is 0 Å². The topological polar surface area (TPSA) is 65.5 Å². The van der Waals surface area contributed by atoms with E-state index in [-0.39, 0.29) is 6.54 Å². The number of pyridine rings is 1. The van der Waals surface area contributed by atoms with Crippen molar-refractivity contribution >= 4 is 11.8 Å². The second kappa shape index (κ2) is 6.35. The molecule has 2 N–H and O–H groups in total. The third-order valence-electron chi connectivity index (χ3n) is 3.20. The molecule has 1 fully saturated rings. The van der Waals surface area contributed by atoms with Gasteiger partial charge in [-0.25, -0.2) is 4.98 Å². The van der Waals surface area contributed by atoms with Gasteiger partial charge in [-0.1, -0.05) is 6.07 Å². The smallest absolute Gasteiger partial charge is 0.317 e. The first-order valence-electron chi connectivity index (χ1n) is 6.34. The van der Waals surface area contributed by atoms with Gasteiger partial charge in [-0.2, -0.15) is 0 Å². The van der Waals surface area contributed by atoms with Crippen LogP contribution < -0.4 is 10.2 Å². The largest absolute Gasteiger partial charge is 0.480 e. The van der Waals surface area contributed by atoms with E-state index in [1.165, 1.54) is 0 Å². The summed E-state index contributed by atoms with van der Waals surface area (Å²) in [7, 11) is 0. The SMILES string of the molecule is O=C(O)CNCC1CCCN(c2ccccn2)C1. The number of piperidine rings is 1. The van der Waals surface area contributed by atoms with Gasteiger partial charge in [0.25, 0.3) is 0 Å². The molecule has 2 rings (SSSR count). The van der Waals surface area contributed by atoms with E-state index in [9.17, 15) is 4.79 Å². The maximum atomic E-state index is 10.4. The minimum absolute atomic E-state index is 0.0418. The standard InChI is InChI=1S/C13H19N3O2/c17-13(18)9-14-8-11-4-3-7-16(10-11)12-5-1-2-6-15-12/h1-2,5-6,11,14H,3-4,7-10H2,(H,17,18). The molecule has 1 atom stereocenters. The van der Waals surface area contributed by atoms with Crippen molar-refractivity contribution < 1.29 is 9.90 Å². The summed E-state index contributed by atoms with van der Waals surface area (Å²) in [6.07, 6.45) is 4.09. The van der Waals surface area contributed by atoms with E-state index < -0.39 is 5.97 Å². The van der Waals surface area contributed by atoms with Gasteiger partial charge in [0, 0.05) is 25.8 Å². The number of hydrogen-bond donors (Lipinski definition) is 2. The van der Waals surface area contributed by atoms with Crippen molar-refractivity contribution in [2.24, 2.45) is 5.92 Å². The number of carboxylic acid groups (broad SMARTS) is 1. The Morgan fingerprint density at radius 1 is 1.56 bits per heavy atom. The Bertz CT molecular complexity index is 383. The van der Waals surface area contributed by atoms with Crippen LogP contribution in [0.2, 0.25) is 0 Å². The Hall–Kier alpha value is -1.62. The third-order valence-corrected chi connectivity index (χ3v) is 3.20. The molecule has 0 radical (unpaired) electrons. The fraction of sp³-hybridized carbons (Fsp3) is 0.538. The van der Waals surface area contributed by atoms with Crippen LogP contribution in [0, 0.1) is 5.92 Å². The summed E-state index contributed by atoms with van der Waals surface area (Å²) < 4.78 is 0. The van der Waals surface area contributed by atoms with E-state index in [2.05, 4.69) is 15.2 Å². The van der Waals surface area contributed by atoms with Gasteiger partial charge in [-0.15, -0.1) is 0 Å². The van der Waals surface area contributed by atoms with Crippen LogP contribution in [0.15, 0.2) is 24.4 Å². The normalized spacial score (nSPS) is 19.8. The molecule has 0 aliphatic carbocycles. The molecule has 0 aromatic carbocycles. The number of rotatable bonds is 5. The maximum absolute atomic E-state index is 10.4. The number of nitrogens with zero attached hydrogens (tertiary/aromatic N) is 2. The Kier molecular flexibility index (Phi) is 4.52. The molecule has 98 valence electrons. The maximum Gasteiger partial charge on any atom is 0.317 e. The average Bonchev–Trinajstić information content (AvgIpc) is 2.40. The molecule has 0 saturated carbocycles. The lowest BCUT2D eigenvalue weighted by molar-refractivity contribution is -0.136. The van der Waals surface area contributed by atoms with Crippen molar-refractivity contribution in [3.63, 3.8) is 0 Å². The summed E-state index contributed by atoms with van der Waals surface area (Å²) in [5.41, 5.74) is 0. The second-order valence-corrected chi connectivity index (χ2v) is 4.67. The lowest BCUT2D eigenvalue weighted by Crippen LogP contribution is -2.40. The van der Waals surface area contributed by atoms with Crippen LogP contribution in [0.25, 0.3) is 0 Å². The van der Waals surface area contributed by atoms with Crippen molar-refractivity contribution in [1.29, 1.82) is 0 Å². The second-order valence-electron chi connectivity index (χ2n) is 4.67. The Balaban J connectivity index is 1.83. The first-order valence-corrected chi connectivity index (χ1v) is 6.34. The van der Waals surface area contributed by atoms with Gasteiger partial charge >= 0.3 is 5.97 Å². The molecule has 1 unspecified atom stereocenters. The van der Waals surface area contributed by atoms with Crippen LogP contribution in [0.4, 0.5) is 5.82 Å². The number of carbonyl (C=O) groups is 1. The quantitative estimate of drug-likeness (QED) is 0.814. The predicted octanol–water partition coefficient (Wildman–Crippen LogP) is 0.972. The Morgan fingerprint density at radius 2 is 2.44 bits per heavy atom. The molecule has 5 nitrogen and oxygen atoms in total. The molecule has 1 aromatic heterocycles. The molecule has 5 heteroatoms. The number of hydrogen-bond acceptors (Lipinski definition) is 4. The molecule has 1 aliphatic rings. The van der Waals surface area contributed by atoms with Crippen molar-refractivity contribution in [2.75, 3.05) is 31.1 Å². The zero-order chi connectivity index (χ0) is 12.8. The first-order chi connectivity index (χ1) is 8.75. The van der Waals surface area contributed by atoms with E-state index >= 15 is 0 Å². The summed E-state index contributed by atoms with van der Waals surface area (Å²) in [6.45, 7) is 2.78. The fourth-order valence-electron chi connectivity index (χ4n) is 2.36. The number of aromatic nitrogens is 1. The molecular weight excluding hydrogens is 230 g/mol. The average molecular weight is 249 g/mol. The van der Waals surface area contributed by atoms with Gasteiger partial charge in [-0.05, 0) is 30.9 Å².